The number of aromatic nitrogens is 7. The molecule has 0 aliphatic carbocycles. The third-order valence-electron chi connectivity index (χ3n) is 4.37. The summed E-state index contributed by atoms with van der Waals surface area (Å²) in [4.78, 5) is 5.51. The molecule has 0 N–H and O–H groups in total. The molecule has 0 saturated carbocycles. The molecule has 0 aliphatic heterocycles. The molecule has 0 atom stereocenters. The number of rotatable bonds is 4. The Morgan fingerprint density at radius 3 is 2.55 bits per heavy atom. The molecule has 29 heavy (non-hydrogen) atoms. The Morgan fingerprint density at radius 1 is 0.793 bits per heavy atom. The highest BCUT2D eigenvalue weighted by Crippen LogP contribution is 2.25. The highest BCUT2D eigenvalue weighted by Gasteiger charge is 2.11. The summed E-state index contributed by atoms with van der Waals surface area (Å²) in [6.45, 7) is 0. The van der Waals surface area contributed by atoms with Crippen molar-refractivity contribution < 1.29 is 4.39 Å². The van der Waals surface area contributed by atoms with Crippen molar-refractivity contribution in [3.63, 3.8) is 0 Å². The number of halogens is 1. The maximum absolute atomic E-state index is 14.4. The predicted molar refractivity (Wildman–Crippen MR) is 105 cm³/mol. The van der Waals surface area contributed by atoms with Gasteiger partial charge in [0.25, 0.3) is 0 Å². The van der Waals surface area contributed by atoms with Gasteiger partial charge in [-0.3, -0.25) is 4.98 Å². The molecule has 5 rings (SSSR count). The van der Waals surface area contributed by atoms with Crippen LogP contribution in [0.1, 0.15) is 0 Å². The van der Waals surface area contributed by atoms with Gasteiger partial charge in [0, 0.05) is 24.7 Å². The number of benzene rings is 2. The van der Waals surface area contributed by atoms with Gasteiger partial charge in [-0.1, -0.05) is 18.2 Å². The quantitative estimate of drug-likeness (QED) is 0.473. The average Bonchev–Trinajstić information content (AvgIpc) is 3.47. The molecule has 8 heteroatoms. The Kier molecular flexibility index (Phi) is 4.14. The Morgan fingerprint density at radius 2 is 1.72 bits per heavy atom. The van der Waals surface area contributed by atoms with Gasteiger partial charge in [0.15, 0.2) is 0 Å². The van der Waals surface area contributed by atoms with E-state index in [1.807, 2.05) is 54.7 Å². The topological polar surface area (TPSA) is 74.3 Å². The minimum atomic E-state index is -0.390. The fraction of sp³-hybridized carbons (Fsp3) is 0. The minimum Gasteiger partial charge on any atom is -0.253 e. The van der Waals surface area contributed by atoms with E-state index in [1.54, 1.807) is 23.1 Å². The highest BCUT2D eigenvalue weighted by molar-refractivity contribution is 5.68. The van der Waals surface area contributed by atoms with Crippen LogP contribution in [0.3, 0.4) is 0 Å². The summed E-state index contributed by atoms with van der Waals surface area (Å²) in [5.74, 6) is -0.0178. The molecule has 0 spiro atoms. The lowest BCUT2D eigenvalue weighted by atomic mass is 10.0. The van der Waals surface area contributed by atoms with Gasteiger partial charge in [-0.2, -0.15) is 5.10 Å². The first-order chi connectivity index (χ1) is 14.3. The standard InChI is InChI=1S/C21H14FN7/c22-17-11-16(15-5-3-6-18(12-15)28-10-4-9-24-28)13-19(14-17)29-26-21(25-27-29)20-7-1-2-8-23-20/h1-14H. The van der Waals surface area contributed by atoms with Gasteiger partial charge in [0.1, 0.15) is 11.5 Å². The Labute approximate surface area is 165 Å². The Balaban J connectivity index is 1.53. The third kappa shape index (κ3) is 3.39. The summed E-state index contributed by atoms with van der Waals surface area (Å²) < 4.78 is 16.1. The van der Waals surface area contributed by atoms with Gasteiger partial charge in [-0.15, -0.1) is 15.0 Å². The molecule has 0 bridgehead atoms. The second kappa shape index (κ2) is 7.08. The van der Waals surface area contributed by atoms with Crippen LogP contribution in [0.15, 0.2) is 85.3 Å². The van der Waals surface area contributed by atoms with E-state index in [0.717, 1.165) is 11.3 Å². The summed E-state index contributed by atoms with van der Waals surface area (Å²) in [6, 6.07) is 19.7. The number of pyridine rings is 1. The Bertz CT molecular complexity index is 1260. The van der Waals surface area contributed by atoms with Crippen molar-refractivity contribution in [1.29, 1.82) is 0 Å². The van der Waals surface area contributed by atoms with Crippen molar-refractivity contribution in [3.05, 3.63) is 91.1 Å². The predicted octanol–water partition coefficient (Wildman–Crippen LogP) is 3.72. The first-order valence-electron chi connectivity index (χ1n) is 8.89. The van der Waals surface area contributed by atoms with Crippen LogP contribution in [-0.4, -0.2) is 35.0 Å². The molecule has 140 valence electrons. The van der Waals surface area contributed by atoms with Crippen molar-refractivity contribution in [1.82, 2.24) is 35.0 Å². The van der Waals surface area contributed by atoms with Crippen molar-refractivity contribution >= 4 is 0 Å². The molecule has 2 aromatic carbocycles. The number of hydrogen-bond acceptors (Lipinski definition) is 5. The van der Waals surface area contributed by atoms with Gasteiger partial charge in [0.2, 0.25) is 5.82 Å². The van der Waals surface area contributed by atoms with Crippen LogP contribution in [0.25, 0.3) is 34.0 Å². The van der Waals surface area contributed by atoms with Gasteiger partial charge in [0.05, 0.1) is 11.4 Å². The van der Waals surface area contributed by atoms with Crippen LogP contribution < -0.4 is 0 Å². The maximum atomic E-state index is 14.4. The van der Waals surface area contributed by atoms with E-state index in [1.165, 1.54) is 16.9 Å². The molecule has 0 aliphatic rings. The van der Waals surface area contributed by atoms with E-state index < -0.39 is 5.82 Å². The lowest BCUT2D eigenvalue weighted by molar-refractivity contribution is 0.621. The summed E-state index contributed by atoms with van der Waals surface area (Å²) in [7, 11) is 0. The molecular weight excluding hydrogens is 369 g/mol. The van der Waals surface area contributed by atoms with Crippen LogP contribution in [0.2, 0.25) is 0 Å². The van der Waals surface area contributed by atoms with E-state index in [4.69, 9.17) is 0 Å². The molecule has 0 amide bonds. The first kappa shape index (κ1) is 16.9. The SMILES string of the molecule is Fc1cc(-c2cccc(-n3cccn3)c2)cc(-n2nnc(-c3ccccn3)n2)c1. The fourth-order valence-corrected chi connectivity index (χ4v) is 3.03. The summed E-state index contributed by atoms with van der Waals surface area (Å²) in [5.41, 5.74) is 3.51. The van der Waals surface area contributed by atoms with Crippen LogP contribution in [-0.2, 0) is 0 Å². The summed E-state index contributed by atoms with van der Waals surface area (Å²) in [6.07, 6.45) is 5.22. The maximum Gasteiger partial charge on any atom is 0.223 e. The van der Waals surface area contributed by atoms with Crippen molar-refractivity contribution in [2.75, 3.05) is 0 Å². The third-order valence-corrected chi connectivity index (χ3v) is 4.37. The molecular formula is C21H14FN7. The molecule has 0 radical (unpaired) electrons. The van der Waals surface area contributed by atoms with Crippen molar-refractivity contribution in [2.24, 2.45) is 0 Å². The van der Waals surface area contributed by atoms with E-state index in [2.05, 4.69) is 25.5 Å². The lowest BCUT2D eigenvalue weighted by Crippen LogP contribution is -2.01. The molecule has 7 nitrogen and oxygen atoms in total. The zero-order chi connectivity index (χ0) is 19.6. The summed E-state index contributed by atoms with van der Waals surface area (Å²) in [5, 5.41) is 16.7. The van der Waals surface area contributed by atoms with E-state index in [0.29, 0.717) is 22.8 Å². The average molecular weight is 383 g/mol. The molecule has 0 unspecified atom stereocenters. The zero-order valence-corrected chi connectivity index (χ0v) is 15.1. The van der Waals surface area contributed by atoms with E-state index >= 15 is 0 Å². The van der Waals surface area contributed by atoms with Crippen molar-refractivity contribution in [2.45, 2.75) is 0 Å². The normalized spacial score (nSPS) is 10.9. The number of tetrazole rings is 1. The molecule has 3 heterocycles. The lowest BCUT2D eigenvalue weighted by Gasteiger charge is -2.08. The van der Waals surface area contributed by atoms with Crippen molar-refractivity contribution in [3.8, 4) is 34.0 Å². The monoisotopic (exact) mass is 383 g/mol. The van der Waals surface area contributed by atoms with Crippen LogP contribution in [0, 0.1) is 5.82 Å². The van der Waals surface area contributed by atoms with Crippen LogP contribution in [0.4, 0.5) is 4.39 Å². The smallest absolute Gasteiger partial charge is 0.223 e. The molecule has 3 aromatic heterocycles. The van der Waals surface area contributed by atoms with E-state index in [9.17, 15) is 4.39 Å². The van der Waals surface area contributed by atoms with Gasteiger partial charge in [-0.05, 0) is 58.8 Å². The van der Waals surface area contributed by atoms with Crippen LogP contribution in [0.5, 0.6) is 0 Å². The van der Waals surface area contributed by atoms with Crippen LogP contribution >= 0.6 is 0 Å². The number of nitrogens with zero attached hydrogens (tertiary/aromatic N) is 7. The first-order valence-corrected chi connectivity index (χ1v) is 8.89. The minimum absolute atomic E-state index is 0.372. The summed E-state index contributed by atoms with van der Waals surface area (Å²) >= 11 is 0. The number of hydrogen-bond donors (Lipinski definition) is 0. The second-order valence-corrected chi connectivity index (χ2v) is 6.32. The van der Waals surface area contributed by atoms with Gasteiger partial charge < -0.3 is 0 Å². The van der Waals surface area contributed by atoms with E-state index in [-0.39, 0.29) is 0 Å². The molecule has 5 aromatic rings. The van der Waals surface area contributed by atoms with Gasteiger partial charge in [-0.25, -0.2) is 9.07 Å². The Hall–Kier alpha value is -4.20. The van der Waals surface area contributed by atoms with Gasteiger partial charge >= 0.3 is 0 Å². The highest BCUT2D eigenvalue weighted by atomic mass is 19.1. The largest absolute Gasteiger partial charge is 0.253 e. The zero-order valence-electron chi connectivity index (χ0n) is 15.1. The second-order valence-electron chi connectivity index (χ2n) is 6.32. The molecule has 0 saturated heterocycles. The molecule has 0 fully saturated rings. The fourth-order valence-electron chi connectivity index (χ4n) is 3.03.